The van der Waals surface area contributed by atoms with Gasteiger partial charge >= 0.3 is 0 Å². The summed E-state index contributed by atoms with van der Waals surface area (Å²) in [6, 6.07) is 1.59. The molecule has 0 aromatic heterocycles. The Kier molecular flexibility index (Phi) is 4.79. The maximum absolute atomic E-state index is 3.68. The summed E-state index contributed by atoms with van der Waals surface area (Å²) in [6.07, 6.45) is 8.37. The molecule has 1 rings (SSSR count). The van der Waals surface area contributed by atoms with Gasteiger partial charge in [0.15, 0.2) is 0 Å². The zero-order chi connectivity index (χ0) is 9.68. The average molecular weight is 183 g/mol. The van der Waals surface area contributed by atoms with Crippen LogP contribution in [0.5, 0.6) is 0 Å². The summed E-state index contributed by atoms with van der Waals surface area (Å²) in [5.41, 5.74) is 0. The first-order valence-corrected chi connectivity index (χ1v) is 6.00. The van der Waals surface area contributed by atoms with E-state index in [0.29, 0.717) is 0 Å². The van der Waals surface area contributed by atoms with Crippen LogP contribution in [-0.2, 0) is 0 Å². The van der Waals surface area contributed by atoms with E-state index in [-0.39, 0.29) is 0 Å². The van der Waals surface area contributed by atoms with Gasteiger partial charge in [-0.3, -0.25) is 0 Å². The predicted molar refractivity (Wildman–Crippen MR) is 58.9 cm³/mol. The quantitative estimate of drug-likeness (QED) is 0.597. The molecule has 0 aliphatic heterocycles. The van der Waals surface area contributed by atoms with Crippen LogP contribution in [0.15, 0.2) is 0 Å². The maximum atomic E-state index is 3.68. The Morgan fingerprint density at radius 3 is 2.46 bits per heavy atom. The van der Waals surface area contributed by atoms with Crippen LogP contribution < -0.4 is 5.32 Å². The van der Waals surface area contributed by atoms with Crippen molar-refractivity contribution in [3.05, 3.63) is 0 Å². The summed E-state index contributed by atoms with van der Waals surface area (Å²) in [5.74, 6) is 0.854. The van der Waals surface area contributed by atoms with Crippen molar-refractivity contribution in [1.82, 2.24) is 5.32 Å². The maximum Gasteiger partial charge on any atom is 0.00708 e. The normalized spacial score (nSPS) is 21.5. The molecule has 1 fully saturated rings. The van der Waals surface area contributed by atoms with Gasteiger partial charge in [-0.25, -0.2) is 0 Å². The number of unbranched alkanes of at least 4 members (excludes halogenated alkanes) is 2. The van der Waals surface area contributed by atoms with Crippen LogP contribution >= 0.6 is 0 Å². The fourth-order valence-electron chi connectivity index (χ4n) is 1.75. The van der Waals surface area contributed by atoms with E-state index in [4.69, 9.17) is 0 Å². The lowest BCUT2D eigenvalue weighted by Gasteiger charge is -2.21. The average Bonchev–Trinajstić information content (AvgIpc) is 2.88. The monoisotopic (exact) mass is 183 g/mol. The molecule has 0 aromatic carbocycles. The highest BCUT2D eigenvalue weighted by Crippen LogP contribution is 2.22. The second kappa shape index (κ2) is 5.64. The summed E-state index contributed by atoms with van der Waals surface area (Å²) >= 11 is 0. The molecule has 78 valence electrons. The first-order chi connectivity index (χ1) is 6.24. The molecule has 0 radical (unpaired) electrons. The molecule has 1 N–H and O–H groups in total. The molecule has 0 saturated heterocycles. The van der Waals surface area contributed by atoms with Crippen molar-refractivity contribution in [2.45, 2.75) is 71.4 Å². The van der Waals surface area contributed by atoms with Gasteiger partial charge in [-0.15, -0.1) is 0 Å². The van der Waals surface area contributed by atoms with Crippen molar-refractivity contribution in [2.24, 2.45) is 5.92 Å². The summed E-state index contributed by atoms with van der Waals surface area (Å²) in [7, 11) is 0. The molecule has 1 nitrogen and oxygen atoms in total. The van der Waals surface area contributed by atoms with Gasteiger partial charge in [0.1, 0.15) is 0 Å². The van der Waals surface area contributed by atoms with E-state index in [2.05, 4.69) is 26.1 Å². The third-order valence-corrected chi connectivity index (χ3v) is 3.19. The Bertz CT molecular complexity index is 129. The number of hydrogen-bond acceptors (Lipinski definition) is 1. The lowest BCUT2D eigenvalue weighted by molar-refractivity contribution is 0.365. The van der Waals surface area contributed by atoms with Crippen LogP contribution in [-0.4, -0.2) is 12.1 Å². The van der Waals surface area contributed by atoms with Crippen LogP contribution in [0.4, 0.5) is 0 Å². The van der Waals surface area contributed by atoms with Gasteiger partial charge in [-0.1, -0.05) is 33.1 Å². The molecule has 13 heavy (non-hydrogen) atoms. The van der Waals surface area contributed by atoms with Crippen LogP contribution in [0.2, 0.25) is 0 Å². The van der Waals surface area contributed by atoms with Crippen LogP contribution in [0.1, 0.15) is 59.3 Å². The van der Waals surface area contributed by atoms with Gasteiger partial charge in [0.25, 0.3) is 0 Å². The van der Waals surface area contributed by atoms with E-state index in [0.717, 1.165) is 18.0 Å². The topological polar surface area (TPSA) is 12.0 Å². The molecule has 1 heteroatoms. The molecule has 0 spiro atoms. The van der Waals surface area contributed by atoms with Crippen molar-refractivity contribution in [2.75, 3.05) is 0 Å². The third kappa shape index (κ3) is 4.66. The Morgan fingerprint density at radius 1 is 1.23 bits per heavy atom. The van der Waals surface area contributed by atoms with Gasteiger partial charge < -0.3 is 5.32 Å². The first-order valence-electron chi connectivity index (χ1n) is 6.00. The highest BCUT2D eigenvalue weighted by atomic mass is 15.0. The third-order valence-electron chi connectivity index (χ3n) is 3.19. The van der Waals surface area contributed by atoms with E-state index >= 15 is 0 Å². The highest BCUT2D eigenvalue weighted by molar-refractivity contribution is 4.84. The summed E-state index contributed by atoms with van der Waals surface area (Å²) in [5, 5.41) is 3.68. The number of rotatable bonds is 7. The lowest BCUT2D eigenvalue weighted by Crippen LogP contribution is -2.33. The molecule has 2 unspecified atom stereocenters. The molecule has 0 amide bonds. The zero-order valence-corrected chi connectivity index (χ0v) is 9.47. The van der Waals surface area contributed by atoms with Gasteiger partial charge in [0, 0.05) is 12.1 Å². The van der Waals surface area contributed by atoms with E-state index in [1.807, 2.05) is 0 Å². The minimum atomic E-state index is 0.726. The van der Waals surface area contributed by atoms with Crippen molar-refractivity contribution in [3.63, 3.8) is 0 Å². The lowest BCUT2D eigenvalue weighted by atomic mass is 9.96. The Balaban J connectivity index is 2.02. The van der Waals surface area contributed by atoms with Gasteiger partial charge in [0.2, 0.25) is 0 Å². The molecular weight excluding hydrogens is 158 g/mol. The summed E-state index contributed by atoms with van der Waals surface area (Å²) in [6.45, 7) is 7.00. The molecule has 1 saturated carbocycles. The molecule has 1 aliphatic carbocycles. The molecule has 1 aliphatic rings. The zero-order valence-electron chi connectivity index (χ0n) is 9.47. The van der Waals surface area contributed by atoms with Gasteiger partial charge in [0.05, 0.1) is 0 Å². The SMILES string of the molecule is CCCCCC(C)C(C)NC1CC1. The highest BCUT2D eigenvalue weighted by Gasteiger charge is 2.24. The standard InChI is InChI=1S/C12H25N/c1-4-5-6-7-10(2)11(3)13-12-8-9-12/h10-13H,4-9H2,1-3H3. The second-order valence-electron chi connectivity index (χ2n) is 4.70. The number of hydrogen-bond donors (Lipinski definition) is 1. The van der Waals surface area contributed by atoms with Crippen LogP contribution in [0.25, 0.3) is 0 Å². The fraction of sp³-hybridized carbons (Fsp3) is 1.00. The first kappa shape index (κ1) is 11.0. The summed E-state index contributed by atoms with van der Waals surface area (Å²) < 4.78 is 0. The van der Waals surface area contributed by atoms with Crippen molar-refractivity contribution < 1.29 is 0 Å². The van der Waals surface area contributed by atoms with Crippen molar-refractivity contribution >= 4 is 0 Å². The van der Waals surface area contributed by atoms with E-state index in [1.165, 1.54) is 38.5 Å². The van der Waals surface area contributed by atoms with E-state index in [1.54, 1.807) is 0 Å². The Hall–Kier alpha value is -0.0400. The van der Waals surface area contributed by atoms with Crippen molar-refractivity contribution in [1.29, 1.82) is 0 Å². The molecule has 2 atom stereocenters. The minimum Gasteiger partial charge on any atom is -0.311 e. The minimum absolute atomic E-state index is 0.726. The fourth-order valence-corrected chi connectivity index (χ4v) is 1.75. The van der Waals surface area contributed by atoms with Gasteiger partial charge in [-0.05, 0) is 32.1 Å². The Labute approximate surface area is 83.3 Å². The van der Waals surface area contributed by atoms with E-state index < -0.39 is 0 Å². The summed E-state index contributed by atoms with van der Waals surface area (Å²) in [4.78, 5) is 0. The smallest absolute Gasteiger partial charge is 0.00708 e. The molecule has 0 heterocycles. The van der Waals surface area contributed by atoms with Crippen LogP contribution in [0, 0.1) is 5.92 Å². The van der Waals surface area contributed by atoms with E-state index in [9.17, 15) is 0 Å². The largest absolute Gasteiger partial charge is 0.311 e. The predicted octanol–water partition coefficient (Wildman–Crippen LogP) is 3.34. The Morgan fingerprint density at radius 2 is 1.92 bits per heavy atom. The molecule has 0 aromatic rings. The van der Waals surface area contributed by atoms with Gasteiger partial charge in [-0.2, -0.15) is 0 Å². The number of nitrogens with one attached hydrogen (secondary N) is 1. The molecular formula is C12H25N. The van der Waals surface area contributed by atoms with Crippen molar-refractivity contribution in [3.8, 4) is 0 Å². The second-order valence-corrected chi connectivity index (χ2v) is 4.70. The van der Waals surface area contributed by atoms with Crippen LogP contribution in [0.3, 0.4) is 0 Å². The molecule has 0 bridgehead atoms.